The number of nitrogens with two attached hydrogens (primary N) is 1. The second kappa shape index (κ2) is 6.94. The number of nitrogens with zero attached hydrogens (tertiary/aromatic N) is 1. The second-order valence-electron chi connectivity index (χ2n) is 4.96. The number of likely N-dealkylation sites (N-methyl/N-ethyl adjacent to an activating group) is 1. The SMILES string of the molecule is CC(C)CNC(=O)CN(C)C(C(C)N)C(F)(F)F. The van der Waals surface area contributed by atoms with E-state index in [1.54, 1.807) is 0 Å². The van der Waals surface area contributed by atoms with Crippen molar-refractivity contribution in [3.05, 3.63) is 0 Å². The van der Waals surface area contributed by atoms with Crippen LogP contribution in [0.2, 0.25) is 0 Å². The van der Waals surface area contributed by atoms with Gasteiger partial charge in [0.25, 0.3) is 0 Å². The summed E-state index contributed by atoms with van der Waals surface area (Å²) in [7, 11) is 1.25. The Balaban J connectivity index is 4.44. The smallest absolute Gasteiger partial charge is 0.355 e. The van der Waals surface area contributed by atoms with E-state index < -0.39 is 24.2 Å². The quantitative estimate of drug-likeness (QED) is 0.755. The number of carbonyl (C=O) groups is 1. The van der Waals surface area contributed by atoms with E-state index in [1.165, 1.54) is 14.0 Å². The third-order valence-electron chi connectivity index (χ3n) is 2.41. The van der Waals surface area contributed by atoms with Crippen LogP contribution in [0.5, 0.6) is 0 Å². The number of nitrogens with one attached hydrogen (secondary N) is 1. The van der Waals surface area contributed by atoms with Gasteiger partial charge >= 0.3 is 6.18 Å². The number of alkyl halides is 3. The first kappa shape index (κ1) is 17.2. The van der Waals surface area contributed by atoms with Crippen LogP contribution < -0.4 is 11.1 Å². The maximum absolute atomic E-state index is 12.7. The summed E-state index contributed by atoms with van der Waals surface area (Å²) < 4.78 is 38.2. The lowest BCUT2D eigenvalue weighted by Crippen LogP contribution is -2.55. The molecule has 0 aromatic carbocycles. The van der Waals surface area contributed by atoms with Crippen LogP contribution in [0, 0.1) is 5.92 Å². The fourth-order valence-corrected chi connectivity index (χ4v) is 1.65. The van der Waals surface area contributed by atoms with Gasteiger partial charge in [-0.3, -0.25) is 9.69 Å². The van der Waals surface area contributed by atoms with Gasteiger partial charge in [-0.05, 0) is 19.9 Å². The summed E-state index contributed by atoms with van der Waals surface area (Å²) in [5.74, 6) is -0.174. The highest BCUT2D eigenvalue weighted by Gasteiger charge is 2.44. The molecule has 0 saturated heterocycles. The molecular weight excluding hydrogens is 247 g/mol. The maximum atomic E-state index is 12.7. The minimum atomic E-state index is -4.44. The predicted molar refractivity (Wildman–Crippen MR) is 64.0 cm³/mol. The van der Waals surface area contributed by atoms with Crippen molar-refractivity contribution in [1.29, 1.82) is 0 Å². The van der Waals surface area contributed by atoms with E-state index in [-0.39, 0.29) is 12.5 Å². The molecule has 0 spiro atoms. The molecule has 0 bridgehead atoms. The van der Waals surface area contributed by atoms with Gasteiger partial charge < -0.3 is 11.1 Å². The first-order valence-electron chi connectivity index (χ1n) is 5.85. The molecule has 0 aliphatic carbocycles. The first-order valence-corrected chi connectivity index (χ1v) is 5.85. The van der Waals surface area contributed by atoms with Crippen molar-refractivity contribution in [1.82, 2.24) is 10.2 Å². The lowest BCUT2D eigenvalue weighted by molar-refractivity contribution is -0.185. The highest BCUT2D eigenvalue weighted by molar-refractivity contribution is 5.78. The number of amides is 1. The van der Waals surface area contributed by atoms with Crippen molar-refractivity contribution in [2.24, 2.45) is 11.7 Å². The highest BCUT2D eigenvalue weighted by atomic mass is 19.4. The van der Waals surface area contributed by atoms with Gasteiger partial charge in [-0.2, -0.15) is 13.2 Å². The Labute approximate surface area is 106 Å². The van der Waals surface area contributed by atoms with E-state index in [9.17, 15) is 18.0 Å². The van der Waals surface area contributed by atoms with Crippen LogP contribution in [0.3, 0.4) is 0 Å². The number of carbonyl (C=O) groups excluding carboxylic acids is 1. The zero-order valence-electron chi connectivity index (χ0n) is 11.2. The summed E-state index contributed by atoms with van der Waals surface area (Å²) in [6.07, 6.45) is -4.44. The number of hydrogen-bond donors (Lipinski definition) is 2. The fourth-order valence-electron chi connectivity index (χ4n) is 1.65. The van der Waals surface area contributed by atoms with E-state index in [0.29, 0.717) is 6.54 Å². The molecule has 0 saturated carbocycles. The molecule has 0 radical (unpaired) electrons. The molecule has 0 fully saturated rings. The first-order chi connectivity index (χ1) is 8.05. The average Bonchev–Trinajstić information content (AvgIpc) is 2.11. The van der Waals surface area contributed by atoms with Gasteiger partial charge in [0, 0.05) is 12.6 Å². The lowest BCUT2D eigenvalue weighted by atomic mass is 10.1. The minimum absolute atomic E-state index is 0.256. The summed E-state index contributed by atoms with van der Waals surface area (Å²) in [6, 6.07) is -2.91. The molecule has 2 unspecified atom stereocenters. The van der Waals surface area contributed by atoms with Gasteiger partial charge in [-0.25, -0.2) is 0 Å². The van der Waals surface area contributed by atoms with Gasteiger partial charge in [0.2, 0.25) is 5.91 Å². The Morgan fingerprint density at radius 3 is 2.17 bits per heavy atom. The summed E-state index contributed by atoms with van der Waals surface area (Å²) >= 11 is 0. The van der Waals surface area contributed by atoms with Crippen molar-refractivity contribution in [2.75, 3.05) is 20.1 Å². The van der Waals surface area contributed by atoms with E-state index in [1.807, 2.05) is 13.8 Å². The molecule has 4 nitrogen and oxygen atoms in total. The molecule has 2 atom stereocenters. The molecule has 7 heteroatoms. The standard InChI is InChI=1S/C11H22F3N3O/c1-7(2)5-16-9(18)6-17(4)10(8(3)15)11(12,13)14/h7-8,10H,5-6,15H2,1-4H3,(H,16,18). The molecule has 0 aromatic rings. The van der Waals surface area contributed by atoms with Gasteiger partial charge in [-0.15, -0.1) is 0 Å². The van der Waals surface area contributed by atoms with Gasteiger partial charge in [0.15, 0.2) is 0 Å². The fraction of sp³-hybridized carbons (Fsp3) is 0.909. The Hall–Kier alpha value is -0.820. The van der Waals surface area contributed by atoms with E-state index in [0.717, 1.165) is 4.90 Å². The molecule has 1 amide bonds. The van der Waals surface area contributed by atoms with E-state index >= 15 is 0 Å². The van der Waals surface area contributed by atoms with Crippen molar-refractivity contribution in [3.8, 4) is 0 Å². The topological polar surface area (TPSA) is 58.4 Å². The summed E-state index contributed by atoms with van der Waals surface area (Å²) in [5, 5.41) is 2.57. The maximum Gasteiger partial charge on any atom is 0.405 e. The Morgan fingerprint density at radius 2 is 1.83 bits per heavy atom. The molecule has 0 rings (SSSR count). The summed E-state index contributed by atoms with van der Waals surface area (Å²) in [6.45, 7) is 5.22. The van der Waals surface area contributed by atoms with Gasteiger partial charge in [-0.1, -0.05) is 13.8 Å². The Morgan fingerprint density at radius 1 is 1.33 bits per heavy atom. The van der Waals surface area contributed by atoms with Crippen molar-refractivity contribution in [3.63, 3.8) is 0 Å². The van der Waals surface area contributed by atoms with Crippen LogP contribution in [0.15, 0.2) is 0 Å². The molecule has 0 aromatic heterocycles. The average molecular weight is 269 g/mol. The Bertz CT molecular complexity index is 267. The number of hydrogen-bond acceptors (Lipinski definition) is 3. The van der Waals surface area contributed by atoms with Gasteiger partial charge in [0.05, 0.1) is 6.54 Å². The van der Waals surface area contributed by atoms with Gasteiger partial charge in [0.1, 0.15) is 6.04 Å². The molecule has 3 N–H and O–H groups in total. The third-order valence-corrected chi connectivity index (χ3v) is 2.41. The number of halogens is 3. The molecule has 0 aliphatic heterocycles. The van der Waals surface area contributed by atoms with Crippen molar-refractivity contribution < 1.29 is 18.0 Å². The van der Waals surface area contributed by atoms with Crippen LogP contribution in [0.1, 0.15) is 20.8 Å². The van der Waals surface area contributed by atoms with E-state index in [4.69, 9.17) is 5.73 Å². The molecule has 18 heavy (non-hydrogen) atoms. The molecule has 0 aliphatic rings. The van der Waals surface area contributed by atoms with Crippen LogP contribution in [-0.2, 0) is 4.79 Å². The number of rotatable bonds is 6. The van der Waals surface area contributed by atoms with Crippen molar-refractivity contribution in [2.45, 2.75) is 39.0 Å². The highest BCUT2D eigenvalue weighted by Crippen LogP contribution is 2.25. The molecular formula is C11H22F3N3O. The molecule has 108 valence electrons. The summed E-state index contributed by atoms with van der Waals surface area (Å²) in [4.78, 5) is 12.4. The largest absolute Gasteiger partial charge is 0.405 e. The predicted octanol–water partition coefficient (Wildman–Crippen LogP) is 0.968. The monoisotopic (exact) mass is 269 g/mol. The third kappa shape index (κ3) is 6.20. The Kier molecular flexibility index (Phi) is 6.62. The molecule has 0 heterocycles. The van der Waals surface area contributed by atoms with Crippen LogP contribution in [0.4, 0.5) is 13.2 Å². The van der Waals surface area contributed by atoms with Crippen LogP contribution in [0.25, 0.3) is 0 Å². The van der Waals surface area contributed by atoms with E-state index in [2.05, 4.69) is 5.32 Å². The zero-order valence-corrected chi connectivity index (χ0v) is 11.2. The normalized spacial score (nSPS) is 15.9. The second-order valence-corrected chi connectivity index (χ2v) is 4.96. The zero-order chi connectivity index (χ0) is 14.5. The van der Waals surface area contributed by atoms with Crippen LogP contribution >= 0.6 is 0 Å². The summed E-state index contributed by atoms with van der Waals surface area (Å²) in [5.41, 5.74) is 5.33. The minimum Gasteiger partial charge on any atom is -0.355 e. The van der Waals surface area contributed by atoms with Crippen molar-refractivity contribution >= 4 is 5.91 Å². The van der Waals surface area contributed by atoms with Crippen LogP contribution in [-0.4, -0.2) is 49.2 Å². The lowest BCUT2D eigenvalue weighted by Gasteiger charge is -2.32.